The Balaban J connectivity index is 2.35. The van der Waals surface area contributed by atoms with Crippen LogP contribution >= 0.6 is 15.9 Å². The van der Waals surface area contributed by atoms with Gasteiger partial charge in [0.1, 0.15) is 11.9 Å². The molecule has 0 heterocycles. The SMILES string of the molecule is COc1ccc(C(O)c2cccc(C)c2Br)cc1. The lowest BCUT2D eigenvalue weighted by molar-refractivity contribution is 0.219. The third kappa shape index (κ3) is 2.57. The molecule has 1 unspecified atom stereocenters. The summed E-state index contributed by atoms with van der Waals surface area (Å²) in [6.45, 7) is 2.01. The Kier molecular flexibility index (Phi) is 4.04. The van der Waals surface area contributed by atoms with Crippen molar-refractivity contribution in [1.82, 2.24) is 0 Å². The van der Waals surface area contributed by atoms with Gasteiger partial charge in [-0.1, -0.05) is 46.3 Å². The van der Waals surface area contributed by atoms with E-state index in [1.807, 2.05) is 49.4 Å². The van der Waals surface area contributed by atoms with Gasteiger partial charge < -0.3 is 9.84 Å². The van der Waals surface area contributed by atoms with Crippen LogP contribution in [0, 0.1) is 6.92 Å². The number of aryl methyl sites for hydroxylation is 1. The topological polar surface area (TPSA) is 29.5 Å². The molecule has 0 aliphatic carbocycles. The molecule has 0 radical (unpaired) electrons. The third-order valence-electron chi connectivity index (χ3n) is 2.95. The summed E-state index contributed by atoms with van der Waals surface area (Å²) in [6.07, 6.45) is -0.634. The second kappa shape index (κ2) is 5.55. The van der Waals surface area contributed by atoms with Crippen molar-refractivity contribution in [2.24, 2.45) is 0 Å². The highest BCUT2D eigenvalue weighted by Gasteiger charge is 2.14. The van der Waals surface area contributed by atoms with Crippen LogP contribution in [0.1, 0.15) is 22.8 Å². The average Bonchev–Trinajstić information content (AvgIpc) is 2.41. The largest absolute Gasteiger partial charge is 0.497 e. The van der Waals surface area contributed by atoms with Gasteiger partial charge in [-0.25, -0.2) is 0 Å². The first-order valence-electron chi connectivity index (χ1n) is 5.70. The fourth-order valence-electron chi connectivity index (χ4n) is 1.85. The summed E-state index contributed by atoms with van der Waals surface area (Å²) in [5.41, 5.74) is 2.84. The van der Waals surface area contributed by atoms with Crippen LogP contribution in [-0.2, 0) is 0 Å². The predicted octanol–water partition coefficient (Wildman–Crippen LogP) is 3.85. The number of benzene rings is 2. The fourth-order valence-corrected chi connectivity index (χ4v) is 2.33. The molecule has 1 atom stereocenters. The van der Waals surface area contributed by atoms with Crippen molar-refractivity contribution >= 4 is 15.9 Å². The van der Waals surface area contributed by atoms with Crippen LogP contribution in [0.2, 0.25) is 0 Å². The van der Waals surface area contributed by atoms with Crippen molar-refractivity contribution in [3.05, 3.63) is 63.6 Å². The lowest BCUT2D eigenvalue weighted by Crippen LogP contribution is -2.01. The summed E-state index contributed by atoms with van der Waals surface area (Å²) < 4.78 is 6.06. The quantitative estimate of drug-likeness (QED) is 0.933. The van der Waals surface area contributed by atoms with E-state index in [-0.39, 0.29) is 0 Å². The number of aliphatic hydroxyl groups excluding tert-OH is 1. The van der Waals surface area contributed by atoms with E-state index in [1.165, 1.54) is 0 Å². The van der Waals surface area contributed by atoms with Crippen LogP contribution in [0.3, 0.4) is 0 Å². The molecule has 0 aromatic heterocycles. The lowest BCUT2D eigenvalue weighted by Gasteiger charge is -2.15. The molecule has 0 bridgehead atoms. The van der Waals surface area contributed by atoms with Crippen molar-refractivity contribution in [2.75, 3.05) is 7.11 Å². The van der Waals surface area contributed by atoms with Crippen molar-refractivity contribution in [2.45, 2.75) is 13.0 Å². The van der Waals surface area contributed by atoms with Gasteiger partial charge in [-0.3, -0.25) is 0 Å². The van der Waals surface area contributed by atoms with Crippen molar-refractivity contribution in [3.63, 3.8) is 0 Å². The highest BCUT2D eigenvalue weighted by molar-refractivity contribution is 9.10. The summed E-state index contributed by atoms with van der Waals surface area (Å²) in [6, 6.07) is 13.3. The normalized spacial score (nSPS) is 12.2. The summed E-state index contributed by atoms with van der Waals surface area (Å²) in [7, 11) is 1.63. The minimum absolute atomic E-state index is 0.634. The van der Waals surface area contributed by atoms with E-state index < -0.39 is 6.10 Å². The molecule has 0 amide bonds. The molecule has 0 aliphatic heterocycles. The molecule has 18 heavy (non-hydrogen) atoms. The Labute approximate surface area is 115 Å². The number of hydrogen-bond acceptors (Lipinski definition) is 2. The zero-order valence-corrected chi connectivity index (χ0v) is 11.9. The van der Waals surface area contributed by atoms with E-state index in [0.29, 0.717) is 0 Å². The molecule has 0 fully saturated rings. The molecule has 3 heteroatoms. The Bertz CT molecular complexity index is 535. The van der Waals surface area contributed by atoms with Crippen LogP contribution in [0.25, 0.3) is 0 Å². The van der Waals surface area contributed by atoms with Crippen LogP contribution < -0.4 is 4.74 Å². The number of aliphatic hydroxyl groups is 1. The minimum Gasteiger partial charge on any atom is -0.497 e. The molecular weight excluding hydrogens is 292 g/mol. The van der Waals surface area contributed by atoms with Crippen molar-refractivity contribution in [1.29, 1.82) is 0 Å². The highest BCUT2D eigenvalue weighted by atomic mass is 79.9. The van der Waals surface area contributed by atoms with E-state index in [1.54, 1.807) is 7.11 Å². The number of rotatable bonds is 3. The van der Waals surface area contributed by atoms with Crippen LogP contribution in [0.4, 0.5) is 0 Å². The minimum atomic E-state index is -0.634. The standard InChI is InChI=1S/C15H15BrO2/c1-10-4-3-5-13(14(10)16)15(17)11-6-8-12(18-2)9-7-11/h3-9,15,17H,1-2H3. The Morgan fingerprint density at radius 1 is 1.11 bits per heavy atom. The molecular formula is C15H15BrO2. The van der Waals surface area contributed by atoms with Gasteiger partial charge in [0.25, 0.3) is 0 Å². The molecule has 2 aromatic carbocycles. The summed E-state index contributed by atoms with van der Waals surface area (Å²) in [5.74, 6) is 0.786. The number of ether oxygens (including phenoxy) is 1. The second-order valence-corrected chi connectivity index (χ2v) is 4.95. The van der Waals surface area contributed by atoms with E-state index >= 15 is 0 Å². The molecule has 0 saturated carbocycles. The van der Waals surface area contributed by atoms with Crippen molar-refractivity contribution in [3.8, 4) is 5.75 Å². The van der Waals surface area contributed by atoms with E-state index in [9.17, 15) is 5.11 Å². The molecule has 2 rings (SSSR count). The first-order chi connectivity index (χ1) is 8.63. The maximum absolute atomic E-state index is 10.4. The van der Waals surface area contributed by atoms with Gasteiger partial charge in [-0.05, 0) is 35.7 Å². The zero-order chi connectivity index (χ0) is 13.1. The molecule has 94 valence electrons. The number of methoxy groups -OCH3 is 1. The number of halogens is 1. The lowest BCUT2D eigenvalue weighted by atomic mass is 10.00. The zero-order valence-electron chi connectivity index (χ0n) is 10.4. The smallest absolute Gasteiger partial charge is 0.118 e. The van der Waals surface area contributed by atoms with Gasteiger partial charge in [0, 0.05) is 4.47 Å². The Hall–Kier alpha value is -1.32. The van der Waals surface area contributed by atoms with Gasteiger partial charge in [0.15, 0.2) is 0 Å². The Morgan fingerprint density at radius 2 is 1.78 bits per heavy atom. The Morgan fingerprint density at radius 3 is 2.39 bits per heavy atom. The third-order valence-corrected chi connectivity index (χ3v) is 4.03. The molecule has 1 N–H and O–H groups in total. The molecule has 0 aliphatic rings. The fraction of sp³-hybridized carbons (Fsp3) is 0.200. The van der Waals surface area contributed by atoms with E-state index in [4.69, 9.17) is 4.74 Å². The predicted molar refractivity (Wildman–Crippen MR) is 75.9 cm³/mol. The molecule has 2 aromatic rings. The molecule has 2 nitrogen and oxygen atoms in total. The van der Waals surface area contributed by atoms with Gasteiger partial charge in [0.05, 0.1) is 7.11 Å². The van der Waals surface area contributed by atoms with E-state index in [2.05, 4.69) is 15.9 Å². The van der Waals surface area contributed by atoms with Crippen molar-refractivity contribution < 1.29 is 9.84 Å². The maximum Gasteiger partial charge on any atom is 0.118 e. The summed E-state index contributed by atoms with van der Waals surface area (Å²) >= 11 is 3.52. The van der Waals surface area contributed by atoms with Gasteiger partial charge in [0.2, 0.25) is 0 Å². The number of hydrogen-bond donors (Lipinski definition) is 1. The summed E-state index contributed by atoms with van der Waals surface area (Å²) in [4.78, 5) is 0. The first-order valence-corrected chi connectivity index (χ1v) is 6.50. The van der Waals surface area contributed by atoms with Crippen LogP contribution in [-0.4, -0.2) is 12.2 Å². The van der Waals surface area contributed by atoms with Crippen LogP contribution in [0.15, 0.2) is 46.9 Å². The van der Waals surface area contributed by atoms with Crippen LogP contribution in [0.5, 0.6) is 5.75 Å². The summed E-state index contributed by atoms with van der Waals surface area (Å²) in [5, 5.41) is 10.4. The van der Waals surface area contributed by atoms with Gasteiger partial charge in [-0.2, -0.15) is 0 Å². The maximum atomic E-state index is 10.4. The van der Waals surface area contributed by atoms with E-state index in [0.717, 1.165) is 26.9 Å². The molecule has 0 saturated heterocycles. The highest BCUT2D eigenvalue weighted by Crippen LogP contribution is 2.31. The molecule has 0 spiro atoms. The average molecular weight is 307 g/mol. The first kappa shape index (κ1) is 13.1. The monoisotopic (exact) mass is 306 g/mol. The van der Waals surface area contributed by atoms with Gasteiger partial charge >= 0.3 is 0 Å². The second-order valence-electron chi connectivity index (χ2n) is 4.15. The van der Waals surface area contributed by atoms with Gasteiger partial charge in [-0.15, -0.1) is 0 Å².